The van der Waals surface area contributed by atoms with Gasteiger partial charge in [-0.05, 0) is 80.4 Å². The van der Waals surface area contributed by atoms with Crippen molar-refractivity contribution < 1.29 is 13.2 Å². The molecule has 5 nitrogen and oxygen atoms in total. The number of amides is 1. The molecule has 0 saturated carbocycles. The maximum Gasteiger partial charge on any atom is 0.228 e. The van der Waals surface area contributed by atoms with E-state index in [2.05, 4.69) is 24.4 Å². The van der Waals surface area contributed by atoms with Crippen molar-refractivity contribution in [2.75, 3.05) is 5.32 Å². The third-order valence-electron chi connectivity index (χ3n) is 5.20. The number of hydrogen-bond acceptors (Lipinski definition) is 5. The lowest BCUT2D eigenvalue weighted by Gasteiger charge is -2.09. The summed E-state index contributed by atoms with van der Waals surface area (Å²) >= 11 is 1.65. The van der Waals surface area contributed by atoms with Crippen LogP contribution in [0.5, 0.6) is 0 Å². The van der Waals surface area contributed by atoms with Crippen molar-refractivity contribution in [3.05, 3.63) is 77.9 Å². The van der Waals surface area contributed by atoms with Crippen LogP contribution in [0.25, 0.3) is 20.8 Å². The van der Waals surface area contributed by atoms with E-state index in [0.29, 0.717) is 5.69 Å². The molecule has 3 aromatic carbocycles. The number of hydrogen-bond donors (Lipinski definition) is 1. The number of thiazole rings is 1. The summed E-state index contributed by atoms with van der Waals surface area (Å²) in [6, 6.07) is 20.3. The lowest BCUT2D eigenvalue weighted by atomic mass is 10.1. The van der Waals surface area contributed by atoms with Crippen LogP contribution in [0.2, 0.25) is 0 Å². The molecule has 1 aromatic heterocycles. The van der Waals surface area contributed by atoms with E-state index in [1.165, 1.54) is 5.56 Å². The summed E-state index contributed by atoms with van der Waals surface area (Å²) in [4.78, 5) is 17.4. The molecule has 7 heteroatoms. The van der Waals surface area contributed by atoms with E-state index in [1.807, 2.05) is 30.3 Å². The molecule has 4 aromatic rings. The van der Waals surface area contributed by atoms with Crippen molar-refractivity contribution in [3.8, 4) is 10.6 Å². The van der Waals surface area contributed by atoms with Gasteiger partial charge in [0.1, 0.15) is 5.01 Å². The molecular weight excluding hydrogens is 440 g/mol. The first kappa shape index (κ1) is 22.2. The highest BCUT2D eigenvalue weighted by molar-refractivity contribution is 7.92. The van der Waals surface area contributed by atoms with Crippen LogP contribution in [-0.2, 0) is 21.1 Å². The van der Waals surface area contributed by atoms with Gasteiger partial charge in [-0.25, -0.2) is 13.4 Å². The fourth-order valence-electron chi connectivity index (χ4n) is 3.31. The summed E-state index contributed by atoms with van der Waals surface area (Å²) in [7, 11) is -3.31. The van der Waals surface area contributed by atoms with Gasteiger partial charge < -0.3 is 5.32 Å². The van der Waals surface area contributed by atoms with Gasteiger partial charge in [-0.3, -0.25) is 4.79 Å². The number of fused-ring (bicyclic) bond motifs is 1. The molecule has 0 saturated heterocycles. The van der Waals surface area contributed by atoms with Crippen molar-refractivity contribution in [1.82, 2.24) is 4.98 Å². The minimum atomic E-state index is -3.31. The number of nitrogens with zero attached hydrogens (tertiary/aromatic N) is 1. The van der Waals surface area contributed by atoms with Crippen molar-refractivity contribution in [2.45, 2.75) is 37.3 Å². The Morgan fingerprint density at radius 3 is 2.34 bits per heavy atom. The first-order chi connectivity index (χ1) is 15.2. The zero-order chi connectivity index (χ0) is 22.9. The maximum atomic E-state index is 12.4. The van der Waals surface area contributed by atoms with Crippen LogP contribution in [0, 0.1) is 6.92 Å². The molecule has 0 spiro atoms. The number of benzene rings is 3. The number of rotatable bonds is 6. The molecule has 0 bridgehead atoms. The SMILES string of the molecule is Cc1ccc2nc(-c3ccc(NC(=O)Cc4ccc(S(=O)(=O)C(C)C)cc4)cc3)sc2c1. The molecule has 0 aliphatic heterocycles. The third kappa shape index (κ3) is 4.74. The Labute approximate surface area is 192 Å². The molecule has 0 fully saturated rings. The second kappa shape index (κ2) is 8.84. The third-order valence-corrected chi connectivity index (χ3v) is 8.43. The largest absolute Gasteiger partial charge is 0.326 e. The Kier molecular flexibility index (Phi) is 6.13. The molecule has 0 atom stereocenters. The van der Waals surface area contributed by atoms with Gasteiger partial charge in [0, 0.05) is 11.3 Å². The van der Waals surface area contributed by atoms with Crippen LogP contribution in [0.1, 0.15) is 25.0 Å². The highest BCUT2D eigenvalue weighted by Crippen LogP contribution is 2.31. The Morgan fingerprint density at radius 1 is 1.00 bits per heavy atom. The summed E-state index contributed by atoms with van der Waals surface area (Å²) in [6.07, 6.45) is 0.168. The number of aryl methyl sites for hydroxylation is 1. The quantitative estimate of drug-likeness (QED) is 0.401. The minimum absolute atomic E-state index is 0.160. The molecule has 0 radical (unpaired) electrons. The number of anilines is 1. The minimum Gasteiger partial charge on any atom is -0.326 e. The van der Waals surface area contributed by atoms with Crippen molar-refractivity contribution in [2.24, 2.45) is 0 Å². The summed E-state index contributed by atoms with van der Waals surface area (Å²) in [5.74, 6) is -0.160. The molecule has 4 rings (SSSR count). The van der Waals surface area contributed by atoms with Crippen LogP contribution >= 0.6 is 11.3 Å². The van der Waals surface area contributed by atoms with Gasteiger partial charge in [-0.2, -0.15) is 0 Å². The van der Waals surface area contributed by atoms with Gasteiger partial charge in [-0.15, -0.1) is 11.3 Å². The fraction of sp³-hybridized carbons (Fsp3) is 0.200. The number of aromatic nitrogens is 1. The zero-order valence-corrected chi connectivity index (χ0v) is 19.8. The van der Waals surface area contributed by atoms with E-state index in [4.69, 9.17) is 4.98 Å². The summed E-state index contributed by atoms with van der Waals surface area (Å²) < 4.78 is 25.6. The van der Waals surface area contributed by atoms with Crippen molar-refractivity contribution in [3.63, 3.8) is 0 Å². The predicted molar refractivity (Wildman–Crippen MR) is 131 cm³/mol. The molecule has 0 unspecified atom stereocenters. The molecule has 1 amide bonds. The van der Waals surface area contributed by atoms with E-state index in [1.54, 1.807) is 49.4 Å². The molecule has 1 heterocycles. The van der Waals surface area contributed by atoms with E-state index in [-0.39, 0.29) is 17.2 Å². The second-order valence-corrected chi connectivity index (χ2v) is 11.6. The standard InChI is InChI=1S/C25H24N2O3S2/c1-16(2)32(29,30)21-11-5-18(6-12-21)15-24(28)26-20-9-7-19(8-10-20)25-27-22-13-4-17(3)14-23(22)31-25/h4-14,16H,15H2,1-3H3,(H,26,28). The highest BCUT2D eigenvalue weighted by atomic mass is 32.2. The summed E-state index contributed by atoms with van der Waals surface area (Å²) in [5.41, 5.74) is 4.66. The number of sulfone groups is 1. The molecule has 164 valence electrons. The van der Waals surface area contributed by atoms with Gasteiger partial charge in [0.25, 0.3) is 0 Å². The van der Waals surface area contributed by atoms with E-state index in [0.717, 1.165) is 26.4 Å². The van der Waals surface area contributed by atoms with Crippen LogP contribution < -0.4 is 5.32 Å². The van der Waals surface area contributed by atoms with Crippen LogP contribution in [0.3, 0.4) is 0 Å². The summed E-state index contributed by atoms with van der Waals surface area (Å²) in [5, 5.41) is 3.36. The molecule has 0 aliphatic rings. The Morgan fingerprint density at radius 2 is 1.69 bits per heavy atom. The van der Waals surface area contributed by atoms with E-state index in [9.17, 15) is 13.2 Å². The van der Waals surface area contributed by atoms with Crippen LogP contribution in [0.4, 0.5) is 5.69 Å². The molecule has 0 aliphatic carbocycles. The first-order valence-electron chi connectivity index (χ1n) is 10.3. The molecular formula is C25H24N2O3S2. The smallest absolute Gasteiger partial charge is 0.228 e. The normalized spacial score (nSPS) is 11.8. The number of carbonyl (C=O) groups excluding carboxylic acids is 1. The second-order valence-electron chi connectivity index (χ2n) is 8.03. The Hall–Kier alpha value is -3.03. The van der Waals surface area contributed by atoms with E-state index < -0.39 is 15.1 Å². The Bertz CT molecular complexity index is 1370. The average molecular weight is 465 g/mol. The van der Waals surface area contributed by atoms with Gasteiger partial charge in [0.2, 0.25) is 5.91 Å². The molecule has 1 N–H and O–H groups in total. The number of nitrogens with one attached hydrogen (secondary N) is 1. The lowest BCUT2D eigenvalue weighted by Crippen LogP contribution is -2.15. The van der Waals surface area contributed by atoms with Crippen LogP contribution in [-0.4, -0.2) is 24.6 Å². The van der Waals surface area contributed by atoms with Crippen LogP contribution in [0.15, 0.2) is 71.6 Å². The Balaban J connectivity index is 1.41. The topological polar surface area (TPSA) is 76.1 Å². The predicted octanol–water partition coefficient (Wildman–Crippen LogP) is 5.64. The van der Waals surface area contributed by atoms with Crippen molar-refractivity contribution >= 4 is 43.0 Å². The van der Waals surface area contributed by atoms with Gasteiger partial charge in [-0.1, -0.05) is 18.2 Å². The number of carbonyl (C=O) groups is 1. The maximum absolute atomic E-state index is 12.4. The van der Waals surface area contributed by atoms with Crippen molar-refractivity contribution in [1.29, 1.82) is 0 Å². The first-order valence-corrected chi connectivity index (χ1v) is 12.7. The average Bonchev–Trinajstić information content (AvgIpc) is 3.17. The van der Waals surface area contributed by atoms with Gasteiger partial charge in [0.05, 0.1) is 26.8 Å². The fourth-order valence-corrected chi connectivity index (χ4v) is 5.44. The van der Waals surface area contributed by atoms with Gasteiger partial charge in [0.15, 0.2) is 9.84 Å². The highest BCUT2D eigenvalue weighted by Gasteiger charge is 2.19. The monoisotopic (exact) mass is 464 g/mol. The van der Waals surface area contributed by atoms with Gasteiger partial charge >= 0.3 is 0 Å². The van der Waals surface area contributed by atoms with E-state index >= 15 is 0 Å². The lowest BCUT2D eigenvalue weighted by molar-refractivity contribution is -0.115. The summed E-state index contributed by atoms with van der Waals surface area (Å²) in [6.45, 7) is 5.37. The zero-order valence-electron chi connectivity index (χ0n) is 18.1. The molecule has 32 heavy (non-hydrogen) atoms.